The lowest BCUT2D eigenvalue weighted by Crippen LogP contribution is -2.33. The highest BCUT2D eigenvalue weighted by Gasteiger charge is 2.24. The molecule has 0 unspecified atom stereocenters. The minimum absolute atomic E-state index is 0.216. The first-order valence-corrected chi connectivity index (χ1v) is 5.08. The number of nitrogens with one attached hydrogen (secondary N) is 1. The van der Waals surface area contributed by atoms with Crippen LogP contribution >= 0.6 is 0 Å². The van der Waals surface area contributed by atoms with Crippen molar-refractivity contribution in [2.75, 3.05) is 0 Å². The van der Waals surface area contributed by atoms with E-state index in [-0.39, 0.29) is 5.56 Å². The Balaban J connectivity index is 2.56. The highest BCUT2D eigenvalue weighted by molar-refractivity contribution is 5.94. The quantitative estimate of drug-likeness (QED) is 0.763. The van der Waals surface area contributed by atoms with Crippen LogP contribution in [-0.4, -0.2) is 11.9 Å². The highest BCUT2D eigenvalue weighted by atomic mass is 19.1. The number of hydrogen-bond acceptors (Lipinski definition) is 3. The topological polar surface area (TPSA) is 55.4 Å². The van der Waals surface area contributed by atoms with Crippen molar-refractivity contribution < 1.29 is 18.8 Å². The summed E-state index contributed by atoms with van der Waals surface area (Å²) < 4.78 is 12.6. The van der Waals surface area contributed by atoms with Crippen LogP contribution in [0.15, 0.2) is 24.3 Å². The minimum atomic E-state index is -0.698. The van der Waals surface area contributed by atoms with Gasteiger partial charge in [-0.2, -0.15) is 5.48 Å². The molecular formula is C12H14FNO3. The van der Waals surface area contributed by atoms with E-state index in [1.54, 1.807) is 20.8 Å². The van der Waals surface area contributed by atoms with Crippen molar-refractivity contribution >= 4 is 11.9 Å². The number of benzene rings is 1. The lowest BCUT2D eigenvalue weighted by Gasteiger charge is -2.15. The van der Waals surface area contributed by atoms with Crippen LogP contribution in [0.3, 0.4) is 0 Å². The van der Waals surface area contributed by atoms with Gasteiger partial charge in [0.05, 0.1) is 5.41 Å². The second-order valence-corrected chi connectivity index (χ2v) is 4.58. The summed E-state index contributed by atoms with van der Waals surface area (Å²) in [7, 11) is 0. The molecule has 0 radical (unpaired) electrons. The van der Waals surface area contributed by atoms with Crippen LogP contribution in [-0.2, 0) is 9.63 Å². The predicted molar refractivity (Wildman–Crippen MR) is 59.4 cm³/mol. The van der Waals surface area contributed by atoms with Crippen molar-refractivity contribution in [2.24, 2.45) is 5.41 Å². The number of carbonyl (C=O) groups excluding carboxylic acids is 2. The lowest BCUT2D eigenvalue weighted by molar-refractivity contribution is -0.158. The average molecular weight is 239 g/mol. The molecule has 0 aliphatic carbocycles. The Kier molecular flexibility index (Phi) is 3.83. The Morgan fingerprint density at radius 3 is 2.18 bits per heavy atom. The third-order valence-electron chi connectivity index (χ3n) is 1.96. The maximum absolute atomic E-state index is 12.6. The zero-order valence-corrected chi connectivity index (χ0v) is 9.91. The Morgan fingerprint density at radius 1 is 1.18 bits per heavy atom. The fourth-order valence-corrected chi connectivity index (χ4v) is 0.906. The van der Waals surface area contributed by atoms with Gasteiger partial charge in [-0.25, -0.2) is 9.18 Å². The van der Waals surface area contributed by atoms with E-state index in [1.165, 1.54) is 12.1 Å². The Labute approximate surface area is 98.7 Å². The standard InChI is InChI=1S/C12H14FNO3/c1-12(2,3)11(16)17-14-10(15)8-4-6-9(13)7-5-8/h4-7H,1-3H3,(H,14,15). The van der Waals surface area contributed by atoms with Gasteiger partial charge in [0.2, 0.25) is 0 Å². The number of hydrogen-bond donors (Lipinski definition) is 1. The number of rotatable bonds is 1. The van der Waals surface area contributed by atoms with Crippen LogP contribution in [0.25, 0.3) is 0 Å². The molecule has 0 saturated carbocycles. The first-order chi connectivity index (χ1) is 7.80. The molecule has 0 spiro atoms. The zero-order chi connectivity index (χ0) is 13.1. The molecule has 0 aromatic heterocycles. The van der Waals surface area contributed by atoms with Crippen molar-refractivity contribution in [3.63, 3.8) is 0 Å². The van der Waals surface area contributed by atoms with E-state index in [0.29, 0.717) is 0 Å². The molecule has 1 aromatic rings. The van der Waals surface area contributed by atoms with E-state index in [9.17, 15) is 14.0 Å². The number of hydroxylamine groups is 1. The van der Waals surface area contributed by atoms with Gasteiger partial charge >= 0.3 is 5.97 Å². The molecule has 0 aliphatic heterocycles. The molecule has 0 heterocycles. The summed E-state index contributed by atoms with van der Waals surface area (Å²) in [4.78, 5) is 27.5. The van der Waals surface area contributed by atoms with Gasteiger partial charge in [-0.15, -0.1) is 0 Å². The Bertz CT molecular complexity index is 420. The summed E-state index contributed by atoms with van der Waals surface area (Å²) in [5, 5.41) is 0. The molecule has 1 aromatic carbocycles. The second kappa shape index (κ2) is 4.95. The molecule has 17 heavy (non-hydrogen) atoms. The van der Waals surface area contributed by atoms with Crippen molar-refractivity contribution in [2.45, 2.75) is 20.8 Å². The molecular weight excluding hydrogens is 225 g/mol. The number of amides is 1. The molecule has 0 bridgehead atoms. The molecule has 1 amide bonds. The van der Waals surface area contributed by atoms with Gasteiger partial charge in [0.15, 0.2) is 0 Å². The molecule has 1 N–H and O–H groups in total. The van der Waals surface area contributed by atoms with Crippen molar-refractivity contribution in [1.82, 2.24) is 5.48 Å². The Hall–Kier alpha value is -1.91. The first-order valence-electron chi connectivity index (χ1n) is 5.08. The van der Waals surface area contributed by atoms with E-state index in [4.69, 9.17) is 0 Å². The number of carbonyl (C=O) groups is 2. The largest absolute Gasteiger partial charge is 0.340 e. The average Bonchev–Trinajstić information content (AvgIpc) is 2.25. The molecule has 1 rings (SSSR count). The molecule has 4 nitrogen and oxygen atoms in total. The molecule has 92 valence electrons. The molecule has 0 fully saturated rings. The van der Waals surface area contributed by atoms with Crippen LogP contribution in [0.2, 0.25) is 0 Å². The predicted octanol–water partition coefficient (Wildman–Crippen LogP) is 2.06. The van der Waals surface area contributed by atoms with E-state index in [0.717, 1.165) is 12.1 Å². The monoisotopic (exact) mass is 239 g/mol. The van der Waals surface area contributed by atoms with Gasteiger partial charge in [-0.05, 0) is 45.0 Å². The van der Waals surface area contributed by atoms with E-state index >= 15 is 0 Å². The third-order valence-corrected chi connectivity index (χ3v) is 1.96. The van der Waals surface area contributed by atoms with Gasteiger partial charge in [0.1, 0.15) is 5.82 Å². The van der Waals surface area contributed by atoms with Crippen molar-refractivity contribution in [3.8, 4) is 0 Å². The van der Waals surface area contributed by atoms with E-state index in [1.807, 2.05) is 5.48 Å². The fourth-order valence-electron chi connectivity index (χ4n) is 0.906. The summed E-state index contributed by atoms with van der Waals surface area (Å²) in [5.74, 6) is -1.58. The fraction of sp³-hybridized carbons (Fsp3) is 0.333. The van der Waals surface area contributed by atoms with Gasteiger partial charge in [0, 0.05) is 5.56 Å². The van der Waals surface area contributed by atoms with E-state index in [2.05, 4.69) is 4.84 Å². The summed E-state index contributed by atoms with van der Waals surface area (Å²) >= 11 is 0. The summed E-state index contributed by atoms with van der Waals surface area (Å²) in [5.41, 5.74) is 1.53. The second-order valence-electron chi connectivity index (χ2n) is 4.58. The van der Waals surface area contributed by atoms with Crippen LogP contribution in [0, 0.1) is 11.2 Å². The number of halogens is 1. The SMILES string of the molecule is CC(C)(C)C(=O)ONC(=O)c1ccc(F)cc1. The summed E-state index contributed by atoms with van der Waals surface area (Å²) in [6.07, 6.45) is 0. The summed E-state index contributed by atoms with van der Waals surface area (Å²) in [6, 6.07) is 4.91. The maximum Gasteiger partial charge on any atom is 0.337 e. The maximum atomic E-state index is 12.6. The van der Waals surface area contributed by atoms with Crippen LogP contribution < -0.4 is 5.48 Å². The van der Waals surface area contributed by atoms with Crippen molar-refractivity contribution in [1.29, 1.82) is 0 Å². The van der Waals surface area contributed by atoms with Crippen molar-refractivity contribution in [3.05, 3.63) is 35.6 Å². The van der Waals surface area contributed by atoms with Gasteiger partial charge in [-0.1, -0.05) is 0 Å². The van der Waals surface area contributed by atoms with E-state index < -0.39 is 23.1 Å². The van der Waals surface area contributed by atoms with Gasteiger partial charge in [-0.3, -0.25) is 4.79 Å². The van der Waals surface area contributed by atoms with Gasteiger partial charge < -0.3 is 4.84 Å². The molecule has 0 aliphatic rings. The smallest absolute Gasteiger partial charge is 0.337 e. The zero-order valence-electron chi connectivity index (χ0n) is 9.91. The third kappa shape index (κ3) is 3.86. The highest BCUT2D eigenvalue weighted by Crippen LogP contribution is 2.14. The molecule has 0 saturated heterocycles. The first kappa shape index (κ1) is 13.2. The lowest BCUT2D eigenvalue weighted by atomic mass is 9.98. The Morgan fingerprint density at radius 2 is 1.71 bits per heavy atom. The van der Waals surface area contributed by atoms with Gasteiger partial charge in [0.25, 0.3) is 5.91 Å². The van der Waals surface area contributed by atoms with Crippen LogP contribution in [0.4, 0.5) is 4.39 Å². The minimum Gasteiger partial charge on any atom is -0.340 e. The summed E-state index contributed by atoms with van der Waals surface area (Å²) in [6.45, 7) is 5.00. The van der Waals surface area contributed by atoms with Crippen LogP contribution in [0.5, 0.6) is 0 Å². The normalized spacial score (nSPS) is 10.8. The molecule has 5 heteroatoms. The van der Waals surface area contributed by atoms with Crippen LogP contribution in [0.1, 0.15) is 31.1 Å². The molecule has 0 atom stereocenters.